The molecule has 3 N–H and O–H groups in total. The number of carbonyl (C=O) groups excluding carboxylic acids is 1. The van der Waals surface area contributed by atoms with Crippen LogP contribution in [0.3, 0.4) is 0 Å². The molecule has 0 spiro atoms. The molecule has 2 aromatic carbocycles. The van der Waals surface area contributed by atoms with E-state index in [9.17, 15) is 14.9 Å². The molecular formula is C16H15BO6. The van der Waals surface area contributed by atoms with Crippen molar-refractivity contribution >= 4 is 18.4 Å². The second-order valence-corrected chi connectivity index (χ2v) is 5.18. The smallest absolute Gasteiger partial charge is 0.457 e. The first-order chi connectivity index (χ1) is 11.1. The monoisotopic (exact) mass is 314 g/mol. The maximum atomic E-state index is 11.6. The van der Waals surface area contributed by atoms with Crippen molar-refractivity contribution in [3.8, 4) is 11.5 Å². The first-order valence-corrected chi connectivity index (χ1v) is 7.10. The summed E-state index contributed by atoms with van der Waals surface area (Å²) in [4.78, 5) is 11.6. The molecule has 118 valence electrons. The number of aliphatic hydroxyl groups excluding tert-OH is 2. The van der Waals surface area contributed by atoms with Crippen LogP contribution < -0.4 is 10.2 Å². The van der Waals surface area contributed by atoms with Crippen molar-refractivity contribution < 1.29 is 29.4 Å². The maximum absolute atomic E-state index is 11.6. The van der Waals surface area contributed by atoms with Crippen LogP contribution in [0.1, 0.15) is 21.5 Å². The zero-order chi connectivity index (χ0) is 16.4. The van der Waals surface area contributed by atoms with Gasteiger partial charge in [0.05, 0.1) is 13.2 Å². The van der Waals surface area contributed by atoms with Gasteiger partial charge in [0.1, 0.15) is 18.1 Å². The molecule has 1 aliphatic heterocycles. The van der Waals surface area contributed by atoms with Gasteiger partial charge in [-0.3, -0.25) is 4.79 Å². The van der Waals surface area contributed by atoms with E-state index in [-0.39, 0.29) is 12.2 Å². The van der Waals surface area contributed by atoms with Crippen molar-refractivity contribution in [1.29, 1.82) is 0 Å². The van der Waals surface area contributed by atoms with Crippen LogP contribution in [0.2, 0.25) is 0 Å². The Morgan fingerprint density at radius 2 is 1.91 bits per heavy atom. The Morgan fingerprint density at radius 1 is 1.17 bits per heavy atom. The summed E-state index contributed by atoms with van der Waals surface area (Å²) in [5, 5.41) is 27.9. The van der Waals surface area contributed by atoms with Crippen LogP contribution in [0.5, 0.6) is 11.5 Å². The molecule has 0 fully saturated rings. The lowest BCUT2D eigenvalue weighted by Gasteiger charge is -2.11. The number of carbonyl (C=O) groups is 1. The normalized spacial score (nSPS) is 13.1. The molecule has 0 aromatic heterocycles. The molecule has 0 atom stereocenters. The summed E-state index contributed by atoms with van der Waals surface area (Å²) in [5.41, 5.74) is 2.23. The van der Waals surface area contributed by atoms with E-state index in [1.807, 2.05) is 0 Å². The SMILES string of the molecule is O=C(CO)c1ccc(Oc2ccc3c(c2)COB3O)cc1CO. The van der Waals surface area contributed by atoms with E-state index in [2.05, 4.69) is 0 Å². The van der Waals surface area contributed by atoms with E-state index in [1.54, 1.807) is 30.3 Å². The topological polar surface area (TPSA) is 96.2 Å². The molecule has 3 rings (SSSR count). The first-order valence-electron chi connectivity index (χ1n) is 7.10. The largest absolute Gasteiger partial charge is 0.491 e. The molecule has 0 aliphatic carbocycles. The molecule has 1 heterocycles. The molecular weight excluding hydrogens is 299 g/mol. The second-order valence-electron chi connectivity index (χ2n) is 5.18. The van der Waals surface area contributed by atoms with Gasteiger partial charge >= 0.3 is 7.12 Å². The number of fused-ring (bicyclic) bond motifs is 1. The van der Waals surface area contributed by atoms with Gasteiger partial charge in [0.2, 0.25) is 0 Å². The molecule has 23 heavy (non-hydrogen) atoms. The Labute approximate surface area is 133 Å². The van der Waals surface area contributed by atoms with Crippen molar-refractivity contribution in [3.05, 3.63) is 53.1 Å². The fourth-order valence-electron chi connectivity index (χ4n) is 2.53. The van der Waals surface area contributed by atoms with E-state index >= 15 is 0 Å². The lowest BCUT2D eigenvalue weighted by molar-refractivity contribution is 0.0900. The zero-order valence-electron chi connectivity index (χ0n) is 12.2. The number of rotatable bonds is 5. The Kier molecular flexibility index (Phi) is 4.45. The Balaban J connectivity index is 1.85. The average molecular weight is 314 g/mol. The Bertz CT molecular complexity index is 745. The number of ketones is 1. The van der Waals surface area contributed by atoms with Crippen LogP contribution in [0, 0.1) is 0 Å². The van der Waals surface area contributed by atoms with Gasteiger partial charge in [0.15, 0.2) is 5.78 Å². The molecule has 6 nitrogen and oxygen atoms in total. The van der Waals surface area contributed by atoms with Crippen molar-refractivity contribution in [2.24, 2.45) is 0 Å². The highest BCUT2D eigenvalue weighted by Crippen LogP contribution is 2.26. The average Bonchev–Trinajstić information content (AvgIpc) is 2.94. The highest BCUT2D eigenvalue weighted by molar-refractivity contribution is 6.61. The van der Waals surface area contributed by atoms with Crippen molar-refractivity contribution in [2.45, 2.75) is 13.2 Å². The standard InChI is InChI=1S/C16H15BO6/c18-7-10-5-12(1-3-14(10)16(20)8-19)23-13-2-4-15-11(6-13)9-22-17(15)21/h1-6,18-19,21H,7-9H2. The number of aliphatic hydroxyl groups is 2. The molecule has 1 aliphatic rings. The molecule has 0 radical (unpaired) electrons. The highest BCUT2D eigenvalue weighted by Gasteiger charge is 2.27. The van der Waals surface area contributed by atoms with Gasteiger partial charge in [-0.1, -0.05) is 6.07 Å². The van der Waals surface area contributed by atoms with E-state index in [0.29, 0.717) is 23.7 Å². The molecule has 0 saturated carbocycles. The van der Waals surface area contributed by atoms with Crippen molar-refractivity contribution in [3.63, 3.8) is 0 Å². The summed E-state index contributed by atoms with van der Waals surface area (Å²) in [7, 11) is -0.899. The molecule has 0 amide bonds. The zero-order valence-corrected chi connectivity index (χ0v) is 12.2. The van der Waals surface area contributed by atoms with Crippen LogP contribution in [0.4, 0.5) is 0 Å². The van der Waals surface area contributed by atoms with Crippen LogP contribution in [-0.4, -0.2) is 34.7 Å². The lowest BCUT2D eigenvalue weighted by atomic mass is 9.80. The van der Waals surface area contributed by atoms with E-state index in [0.717, 1.165) is 11.0 Å². The van der Waals surface area contributed by atoms with Gasteiger partial charge in [0, 0.05) is 5.56 Å². The predicted molar refractivity (Wildman–Crippen MR) is 82.7 cm³/mol. The summed E-state index contributed by atoms with van der Waals surface area (Å²) in [6.07, 6.45) is 0. The minimum absolute atomic E-state index is 0.271. The maximum Gasteiger partial charge on any atom is 0.491 e. The van der Waals surface area contributed by atoms with Gasteiger partial charge in [-0.15, -0.1) is 0 Å². The minimum atomic E-state index is -0.899. The van der Waals surface area contributed by atoms with E-state index < -0.39 is 19.5 Å². The minimum Gasteiger partial charge on any atom is -0.457 e. The highest BCUT2D eigenvalue weighted by atomic mass is 16.5. The molecule has 7 heteroatoms. The first kappa shape index (κ1) is 15.7. The summed E-state index contributed by atoms with van der Waals surface area (Å²) in [6, 6.07) is 9.89. The van der Waals surface area contributed by atoms with E-state index in [1.165, 1.54) is 6.07 Å². The fraction of sp³-hybridized carbons (Fsp3) is 0.188. The third kappa shape index (κ3) is 3.13. The summed E-state index contributed by atoms with van der Waals surface area (Å²) in [5.74, 6) is 0.568. The molecule has 0 unspecified atom stereocenters. The molecule has 0 bridgehead atoms. The number of Topliss-reactive ketones (excluding diaryl/α,β-unsaturated/α-hetero) is 1. The second kappa shape index (κ2) is 6.51. The third-order valence-electron chi connectivity index (χ3n) is 3.70. The summed E-state index contributed by atoms with van der Waals surface area (Å²) in [6.45, 7) is -0.623. The summed E-state index contributed by atoms with van der Waals surface area (Å²) >= 11 is 0. The quantitative estimate of drug-likeness (QED) is 0.545. The van der Waals surface area contributed by atoms with Crippen LogP contribution in [0.25, 0.3) is 0 Å². The molecule has 0 saturated heterocycles. The summed E-state index contributed by atoms with van der Waals surface area (Å²) < 4.78 is 10.9. The Hall–Kier alpha value is -2.19. The third-order valence-corrected chi connectivity index (χ3v) is 3.70. The van der Waals surface area contributed by atoms with Crippen LogP contribution in [-0.2, 0) is 17.9 Å². The van der Waals surface area contributed by atoms with Crippen molar-refractivity contribution in [2.75, 3.05) is 6.61 Å². The predicted octanol–water partition coefficient (Wildman–Crippen LogP) is 0.364. The van der Waals surface area contributed by atoms with Crippen LogP contribution in [0.15, 0.2) is 36.4 Å². The van der Waals surface area contributed by atoms with Gasteiger partial charge in [-0.25, -0.2) is 0 Å². The number of hydrogen-bond acceptors (Lipinski definition) is 6. The van der Waals surface area contributed by atoms with Crippen molar-refractivity contribution in [1.82, 2.24) is 0 Å². The van der Waals surface area contributed by atoms with Crippen LogP contribution >= 0.6 is 0 Å². The fourth-order valence-corrected chi connectivity index (χ4v) is 2.53. The lowest BCUT2D eigenvalue weighted by Crippen LogP contribution is -2.27. The van der Waals surface area contributed by atoms with Gasteiger partial charge in [-0.05, 0) is 46.9 Å². The number of benzene rings is 2. The number of ether oxygens (including phenoxy) is 1. The van der Waals surface area contributed by atoms with E-state index in [4.69, 9.17) is 14.5 Å². The van der Waals surface area contributed by atoms with Gasteiger partial charge in [0.25, 0.3) is 0 Å². The Morgan fingerprint density at radius 3 is 2.65 bits per heavy atom. The molecule has 2 aromatic rings. The van der Waals surface area contributed by atoms with Gasteiger partial charge < -0.3 is 24.6 Å². The number of hydrogen-bond donors (Lipinski definition) is 3. The van der Waals surface area contributed by atoms with Gasteiger partial charge in [-0.2, -0.15) is 0 Å².